The average Bonchev–Trinajstić information content (AvgIpc) is 3.35. The number of hydrogen-bond donors (Lipinski definition) is 0. The topological polar surface area (TPSA) is 52.6 Å². The van der Waals surface area contributed by atoms with Crippen LogP contribution in [0.15, 0.2) is 70.6 Å². The maximum absolute atomic E-state index is 11.1. The molecule has 1 aliphatic rings. The third kappa shape index (κ3) is 16.4. The number of rotatable bonds is 12. The molecule has 0 heterocycles. The predicted octanol–water partition coefficient (Wildman–Crippen LogP) is 5.21. The van der Waals surface area contributed by atoms with Crippen molar-refractivity contribution in [1.82, 2.24) is 9.80 Å². The van der Waals surface area contributed by atoms with E-state index in [4.69, 9.17) is 0 Å². The van der Waals surface area contributed by atoms with Gasteiger partial charge in [0.25, 0.3) is 0 Å². The molecule has 0 saturated heterocycles. The summed E-state index contributed by atoms with van der Waals surface area (Å²) in [6.07, 6.45) is 11.1. The molecular weight excluding hydrogens is 504 g/mol. The van der Waals surface area contributed by atoms with Crippen molar-refractivity contribution in [3.63, 3.8) is 0 Å². The Balaban J connectivity index is 0.000000290. The minimum absolute atomic E-state index is 0.290. The summed E-state index contributed by atoms with van der Waals surface area (Å²) >= 11 is 0.290. The molecule has 0 amide bonds. The van der Waals surface area contributed by atoms with Crippen LogP contribution in [0.4, 0.5) is 0 Å². The molecule has 0 aliphatic heterocycles. The summed E-state index contributed by atoms with van der Waals surface area (Å²) in [4.78, 5) is 4.24. The molecule has 0 bridgehead atoms. The molecule has 3 rings (SSSR count). The summed E-state index contributed by atoms with van der Waals surface area (Å²) < 4.78 is 3.25. The molecule has 0 N–H and O–H groups in total. The summed E-state index contributed by atoms with van der Waals surface area (Å²) in [5.74, 6) is 0. The summed E-state index contributed by atoms with van der Waals surface area (Å²) in [5.41, 5.74) is 4.90. The Kier molecular flexibility index (Phi) is 18.5. The van der Waals surface area contributed by atoms with Crippen molar-refractivity contribution in [2.45, 2.75) is 82.9 Å². The van der Waals surface area contributed by atoms with Gasteiger partial charge in [0.05, 0.1) is 0 Å². The van der Waals surface area contributed by atoms with Gasteiger partial charge in [0.2, 0.25) is 0 Å². The third-order valence-corrected chi connectivity index (χ3v) is 8.11. The molecule has 1 aliphatic carbocycles. The van der Waals surface area contributed by atoms with Gasteiger partial charge in [-0.05, 0) is 63.3 Å². The molecule has 2 aromatic rings. The van der Waals surface area contributed by atoms with Gasteiger partial charge in [-0.2, -0.15) is 0 Å². The summed E-state index contributed by atoms with van der Waals surface area (Å²) in [7, 11) is 8.16. The quantitative estimate of drug-likeness (QED) is 0.267. The molecule has 0 fully saturated rings. The molecule has 38 heavy (non-hydrogen) atoms. The van der Waals surface area contributed by atoms with Gasteiger partial charge in [-0.25, -0.2) is 0 Å². The third-order valence-electron chi connectivity index (χ3n) is 5.88. The van der Waals surface area contributed by atoms with Crippen LogP contribution in [0, 0.1) is 0 Å². The number of allylic oxidation sites excluding steroid dienone is 4. The van der Waals surface area contributed by atoms with Crippen LogP contribution < -0.4 is 10.2 Å². The van der Waals surface area contributed by atoms with Crippen molar-refractivity contribution < 1.29 is 29.4 Å². The molecule has 0 saturated carbocycles. The first-order valence-electron chi connectivity index (χ1n) is 14.0. The Labute approximate surface area is 242 Å². The van der Waals surface area contributed by atoms with E-state index >= 15 is 0 Å². The van der Waals surface area contributed by atoms with Crippen molar-refractivity contribution >= 4 is 0 Å². The average molecular weight is 555 g/mol. The molecule has 2 unspecified atom stereocenters. The fourth-order valence-electron chi connectivity index (χ4n) is 4.13. The SMILES string of the molecule is CC([O-])Cc1ccccc1CN(C)C.CC([O-])Cc1ccccc1CN(C)C.CCC[CH2][Ti+2][C]1=CC=CC1. The van der Waals surface area contributed by atoms with E-state index in [9.17, 15) is 10.2 Å². The van der Waals surface area contributed by atoms with Gasteiger partial charge in [-0.3, -0.25) is 0 Å². The monoisotopic (exact) mass is 554 g/mol. The first kappa shape index (κ1) is 34.5. The zero-order valence-electron chi connectivity index (χ0n) is 24.9. The van der Waals surface area contributed by atoms with Crippen molar-refractivity contribution in [1.29, 1.82) is 0 Å². The van der Waals surface area contributed by atoms with E-state index in [1.165, 1.54) is 46.2 Å². The van der Waals surface area contributed by atoms with Gasteiger partial charge in [0.1, 0.15) is 0 Å². The Bertz CT molecular complexity index is 834. The van der Waals surface area contributed by atoms with Crippen LogP contribution in [0.3, 0.4) is 0 Å². The van der Waals surface area contributed by atoms with Gasteiger partial charge in [-0.15, -0.1) is 12.2 Å². The van der Waals surface area contributed by atoms with Crippen LogP contribution in [0.5, 0.6) is 0 Å². The summed E-state index contributed by atoms with van der Waals surface area (Å²) in [6, 6.07) is 16.3. The van der Waals surface area contributed by atoms with Gasteiger partial charge in [0, 0.05) is 13.1 Å². The molecule has 4 nitrogen and oxygen atoms in total. The van der Waals surface area contributed by atoms with Crippen LogP contribution in [-0.2, 0) is 45.1 Å². The fraction of sp³-hybridized carbons (Fsp3) is 0.515. The van der Waals surface area contributed by atoms with Crippen molar-refractivity contribution in [3.05, 3.63) is 92.9 Å². The number of nitrogens with zero attached hydrogens (tertiary/aromatic N) is 2. The molecule has 5 heteroatoms. The Morgan fingerprint density at radius 2 is 1.21 bits per heavy atom. The summed E-state index contributed by atoms with van der Waals surface area (Å²) in [6.45, 7) is 7.51. The summed E-state index contributed by atoms with van der Waals surface area (Å²) in [5, 5.41) is 22.2. The zero-order chi connectivity index (χ0) is 28.3. The molecular formula is C33H50N2O2Ti. The Morgan fingerprint density at radius 3 is 1.55 bits per heavy atom. The number of unbranched alkanes of at least 4 members (excludes halogenated alkanes) is 1. The first-order valence-corrected chi connectivity index (χ1v) is 15.8. The Hall–Kier alpha value is -1.53. The van der Waals surface area contributed by atoms with E-state index in [1.807, 2.05) is 64.6 Å². The second-order valence-corrected chi connectivity index (χ2v) is 13.0. The van der Waals surface area contributed by atoms with E-state index in [-0.39, 0.29) is 19.2 Å². The van der Waals surface area contributed by atoms with Crippen LogP contribution >= 0.6 is 0 Å². The normalized spacial score (nSPS) is 13.7. The van der Waals surface area contributed by atoms with Crippen molar-refractivity contribution in [2.24, 2.45) is 0 Å². The number of hydrogen-bond acceptors (Lipinski definition) is 4. The van der Waals surface area contributed by atoms with Crippen molar-refractivity contribution in [2.75, 3.05) is 28.2 Å². The molecule has 208 valence electrons. The predicted molar refractivity (Wildman–Crippen MR) is 156 cm³/mol. The van der Waals surface area contributed by atoms with Gasteiger partial charge >= 0.3 is 72.2 Å². The van der Waals surface area contributed by atoms with Gasteiger partial charge in [-0.1, -0.05) is 62.4 Å². The van der Waals surface area contributed by atoms with Crippen LogP contribution in [0.2, 0.25) is 4.73 Å². The van der Waals surface area contributed by atoms with Crippen LogP contribution in [0.25, 0.3) is 0 Å². The van der Waals surface area contributed by atoms with E-state index in [0.29, 0.717) is 12.8 Å². The van der Waals surface area contributed by atoms with Gasteiger partial charge < -0.3 is 20.0 Å². The van der Waals surface area contributed by atoms with E-state index in [2.05, 4.69) is 47.1 Å². The number of benzene rings is 2. The van der Waals surface area contributed by atoms with E-state index in [1.54, 1.807) is 17.7 Å². The molecule has 0 radical (unpaired) electrons. The standard InChI is InChI=1S/2C12H18NO.C5H5.C4H9.Ti/c2*1-10(14)8-11-6-4-5-7-12(11)9-13(2)3;1-2-4-5-3-1;1-3-4-2;/h2*4-7,10H,8-9H2,1-3H3;1-3H,4H2;1,3-4H2,2H3;/q2*-1;;;+2. The fourth-order valence-corrected chi connectivity index (χ4v) is 6.20. The molecule has 2 atom stereocenters. The molecule has 0 spiro atoms. The van der Waals surface area contributed by atoms with Crippen molar-refractivity contribution in [3.8, 4) is 0 Å². The minimum atomic E-state index is -0.515. The second-order valence-electron chi connectivity index (χ2n) is 10.6. The molecule has 0 aromatic heterocycles. The van der Waals surface area contributed by atoms with Gasteiger partial charge in [0.15, 0.2) is 0 Å². The van der Waals surface area contributed by atoms with E-state index in [0.717, 1.165) is 13.1 Å². The van der Waals surface area contributed by atoms with Crippen LogP contribution in [0.1, 0.15) is 62.3 Å². The maximum atomic E-state index is 11.1. The Morgan fingerprint density at radius 1 is 0.763 bits per heavy atom. The zero-order valence-corrected chi connectivity index (χ0v) is 26.4. The van der Waals surface area contributed by atoms with Crippen LogP contribution in [-0.4, -0.2) is 50.2 Å². The molecule has 2 aromatic carbocycles. The second kappa shape index (κ2) is 20.4. The first-order chi connectivity index (χ1) is 18.1. The van der Waals surface area contributed by atoms with E-state index < -0.39 is 12.2 Å².